The van der Waals surface area contributed by atoms with Gasteiger partial charge in [0.1, 0.15) is 31.0 Å². The number of imide groups is 1. The molecule has 0 saturated carbocycles. The van der Waals surface area contributed by atoms with Gasteiger partial charge in [-0.1, -0.05) is 205 Å². The standard InChI is InChI=1S/C48H85N3O8/c1-3-5-7-9-11-13-15-17-18-19-20-22-24-26-31-35-42(53)50(36-32-27-25-23-21-16-14-12-10-8-6-4-2)47-44(46(56)45(55)41(38-52)59-47)51(43(54)37-49)48(57)58-39-40-33-29-28-30-34-40/h28-30,33-34,41,44-47,52,55-56H,3-27,31-32,35-39,49H2,1-2H3/t41-,44-,45-,46-,47-/m1/s1. The maximum absolute atomic E-state index is 14.2. The van der Waals surface area contributed by atoms with Crippen LogP contribution < -0.4 is 5.73 Å². The van der Waals surface area contributed by atoms with Gasteiger partial charge in [0.25, 0.3) is 0 Å². The van der Waals surface area contributed by atoms with E-state index in [0.29, 0.717) is 23.3 Å². The van der Waals surface area contributed by atoms with Crippen LogP contribution in [0.5, 0.6) is 0 Å². The van der Waals surface area contributed by atoms with Gasteiger partial charge in [0, 0.05) is 13.0 Å². The Kier molecular flexibility index (Phi) is 30.4. The Balaban J connectivity index is 2.07. The van der Waals surface area contributed by atoms with Gasteiger partial charge in [-0.2, -0.15) is 0 Å². The number of amides is 3. The van der Waals surface area contributed by atoms with Crippen molar-refractivity contribution in [3.8, 4) is 0 Å². The number of hydrogen-bond acceptors (Lipinski definition) is 9. The van der Waals surface area contributed by atoms with Crippen molar-refractivity contribution < 1.29 is 39.2 Å². The van der Waals surface area contributed by atoms with Gasteiger partial charge in [-0.3, -0.25) is 9.59 Å². The van der Waals surface area contributed by atoms with Crippen molar-refractivity contribution in [2.45, 2.75) is 231 Å². The van der Waals surface area contributed by atoms with Crippen LogP contribution in [0.25, 0.3) is 0 Å². The second kappa shape index (κ2) is 34.1. The molecule has 0 unspecified atom stereocenters. The van der Waals surface area contributed by atoms with E-state index in [0.717, 1.165) is 38.5 Å². The highest BCUT2D eigenvalue weighted by Crippen LogP contribution is 2.30. The number of unbranched alkanes of at least 4 members (excludes halogenated alkanes) is 25. The van der Waals surface area contributed by atoms with E-state index in [-0.39, 0.29) is 25.5 Å². The van der Waals surface area contributed by atoms with Gasteiger partial charge in [-0.15, -0.1) is 0 Å². The summed E-state index contributed by atoms with van der Waals surface area (Å²) in [6.45, 7) is 3.39. The van der Waals surface area contributed by atoms with E-state index in [1.54, 1.807) is 24.3 Å². The molecular weight excluding hydrogens is 747 g/mol. The lowest BCUT2D eigenvalue weighted by Crippen LogP contribution is -2.70. The first-order chi connectivity index (χ1) is 28.8. The third-order valence-corrected chi connectivity index (χ3v) is 11.9. The van der Waals surface area contributed by atoms with Crippen molar-refractivity contribution in [2.75, 3.05) is 19.7 Å². The Hall–Kier alpha value is -2.57. The molecule has 0 aromatic heterocycles. The highest BCUT2D eigenvalue weighted by atomic mass is 16.6. The summed E-state index contributed by atoms with van der Waals surface area (Å²) in [5.41, 5.74) is 6.48. The summed E-state index contributed by atoms with van der Waals surface area (Å²) < 4.78 is 11.7. The van der Waals surface area contributed by atoms with E-state index in [1.165, 1.54) is 127 Å². The molecule has 1 aromatic rings. The second-order valence-corrected chi connectivity index (χ2v) is 16.9. The van der Waals surface area contributed by atoms with E-state index < -0.39 is 55.7 Å². The van der Waals surface area contributed by atoms with Crippen LogP contribution >= 0.6 is 0 Å². The first-order valence-electron chi connectivity index (χ1n) is 23.9. The molecule has 1 heterocycles. The van der Waals surface area contributed by atoms with Gasteiger partial charge >= 0.3 is 6.09 Å². The van der Waals surface area contributed by atoms with Crippen molar-refractivity contribution in [1.29, 1.82) is 0 Å². The minimum atomic E-state index is -1.74. The van der Waals surface area contributed by atoms with Gasteiger partial charge in [-0.25, -0.2) is 9.69 Å². The Morgan fingerprint density at radius 2 is 1.07 bits per heavy atom. The monoisotopic (exact) mass is 832 g/mol. The largest absolute Gasteiger partial charge is 0.444 e. The molecule has 0 aliphatic carbocycles. The fourth-order valence-electron chi connectivity index (χ4n) is 8.20. The molecule has 2 rings (SSSR count). The Labute approximate surface area is 358 Å². The average molecular weight is 832 g/mol. The SMILES string of the molecule is CCCCCCCCCCCCCCCCCC(=O)N(CCCCCCCCCCCCCC)[C@@H]1O[C@H](CO)[C@@H](O)[C@H](O)[C@H]1N(C(=O)CN)C(=O)OCc1ccccc1. The summed E-state index contributed by atoms with van der Waals surface area (Å²) in [4.78, 5) is 43.5. The fraction of sp³-hybridized carbons (Fsp3) is 0.812. The lowest BCUT2D eigenvalue weighted by Gasteiger charge is -2.49. The predicted octanol–water partition coefficient (Wildman–Crippen LogP) is 9.71. The molecule has 11 nitrogen and oxygen atoms in total. The molecule has 0 radical (unpaired) electrons. The van der Waals surface area contributed by atoms with Crippen LogP contribution in [-0.4, -0.2) is 93.3 Å². The highest BCUT2D eigenvalue weighted by molar-refractivity contribution is 5.93. The maximum Gasteiger partial charge on any atom is 0.417 e. The zero-order valence-corrected chi connectivity index (χ0v) is 37.3. The minimum absolute atomic E-state index is 0.148. The van der Waals surface area contributed by atoms with E-state index in [1.807, 2.05) is 6.07 Å². The number of carbonyl (C=O) groups is 3. The molecule has 0 spiro atoms. The lowest BCUT2D eigenvalue weighted by molar-refractivity contribution is -0.244. The zero-order valence-electron chi connectivity index (χ0n) is 37.3. The quantitative estimate of drug-likeness (QED) is 0.0488. The van der Waals surface area contributed by atoms with Crippen LogP contribution in [0.2, 0.25) is 0 Å². The Bertz CT molecular complexity index is 1210. The molecule has 1 aromatic carbocycles. The molecular formula is C48H85N3O8. The number of aliphatic hydroxyl groups is 3. The number of benzene rings is 1. The van der Waals surface area contributed by atoms with Crippen LogP contribution in [-0.2, 0) is 25.7 Å². The van der Waals surface area contributed by atoms with E-state index >= 15 is 0 Å². The second-order valence-electron chi connectivity index (χ2n) is 16.9. The number of nitrogens with zero attached hydrogens (tertiary/aromatic N) is 2. The summed E-state index contributed by atoms with van der Waals surface area (Å²) in [5.74, 6) is -1.08. The molecule has 1 fully saturated rings. The average Bonchev–Trinajstić information content (AvgIpc) is 3.25. The van der Waals surface area contributed by atoms with Gasteiger partial charge in [-0.05, 0) is 18.4 Å². The van der Waals surface area contributed by atoms with Crippen LogP contribution in [0.3, 0.4) is 0 Å². The van der Waals surface area contributed by atoms with Gasteiger partial charge in [0.15, 0.2) is 6.23 Å². The number of carbonyl (C=O) groups excluding carboxylic acids is 3. The normalized spacial score (nSPS) is 19.1. The molecule has 3 amide bonds. The van der Waals surface area contributed by atoms with Gasteiger partial charge < -0.3 is 35.4 Å². The van der Waals surface area contributed by atoms with Crippen molar-refractivity contribution in [3.63, 3.8) is 0 Å². The highest BCUT2D eigenvalue weighted by Gasteiger charge is 2.53. The van der Waals surface area contributed by atoms with Crippen molar-refractivity contribution in [2.24, 2.45) is 5.73 Å². The molecule has 5 N–H and O–H groups in total. The van der Waals surface area contributed by atoms with Crippen LogP contribution in [0, 0.1) is 0 Å². The third-order valence-electron chi connectivity index (χ3n) is 11.9. The molecule has 1 aliphatic heterocycles. The molecule has 1 saturated heterocycles. The fourth-order valence-corrected chi connectivity index (χ4v) is 8.20. The minimum Gasteiger partial charge on any atom is -0.444 e. The van der Waals surface area contributed by atoms with E-state index in [9.17, 15) is 29.7 Å². The number of rotatable bonds is 35. The van der Waals surface area contributed by atoms with E-state index in [2.05, 4.69) is 13.8 Å². The van der Waals surface area contributed by atoms with Crippen LogP contribution in [0.4, 0.5) is 4.79 Å². The first kappa shape index (κ1) is 52.6. The summed E-state index contributed by atoms with van der Waals surface area (Å²) >= 11 is 0. The van der Waals surface area contributed by atoms with Crippen molar-refractivity contribution >= 4 is 17.9 Å². The first-order valence-corrected chi connectivity index (χ1v) is 23.9. The lowest BCUT2D eigenvalue weighted by atomic mass is 9.93. The molecule has 1 aliphatic rings. The zero-order chi connectivity index (χ0) is 42.9. The summed E-state index contributed by atoms with van der Waals surface area (Å²) in [5, 5.41) is 32.7. The van der Waals surface area contributed by atoms with E-state index in [4.69, 9.17) is 15.2 Å². The smallest absolute Gasteiger partial charge is 0.417 e. The summed E-state index contributed by atoms with van der Waals surface area (Å²) in [6.07, 6.45) is 25.2. The Morgan fingerprint density at radius 3 is 1.51 bits per heavy atom. The molecule has 0 bridgehead atoms. The third kappa shape index (κ3) is 21.7. The Morgan fingerprint density at radius 1 is 0.627 bits per heavy atom. The topological polar surface area (TPSA) is 163 Å². The van der Waals surface area contributed by atoms with Crippen LogP contribution in [0.1, 0.15) is 199 Å². The number of hydrogen-bond donors (Lipinski definition) is 4. The van der Waals surface area contributed by atoms with Gasteiger partial charge in [0.2, 0.25) is 11.8 Å². The van der Waals surface area contributed by atoms with Gasteiger partial charge in [0.05, 0.1) is 13.2 Å². The molecule has 340 valence electrons. The number of aliphatic hydroxyl groups excluding tert-OH is 3. The number of ether oxygens (including phenoxy) is 2. The summed E-state index contributed by atoms with van der Waals surface area (Å²) in [7, 11) is 0. The predicted molar refractivity (Wildman–Crippen MR) is 236 cm³/mol. The summed E-state index contributed by atoms with van der Waals surface area (Å²) in [6, 6.07) is 7.44. The van der Waals surface area contributed by atoms with Crippen molar-refractivity contribution in [1.82, 2.24) is 9.80 Å². The molecule has 5 atom stereocenters. The maximum atomic E-state index is 14.2. The van der Waals surface area contributed by atoms with Crippen molar-refractivity contribution in [3.05, 3.63) is 35.9 Å². The molecule has 59 heavy (non-hydrogen) atoms. The molecule has 11 heteroatoms. The number of nitrogens with two attached hydrogens (primary N) is 1. The van der Waals surface area contributed by atoms with Crippen LogP contribution in [0.15, 0.2) is 30.3 Å².